The maximum Gasteiger partial charge on any atom is 0.187 e. The molecule has 1 aliphatic heterocycles. The molecule has 0 bridgehead atoms. The zero-order valence-electron chi connectivity index (χ0n) is 14.5. The molecule has 0 radical (unpaired) electrons. The van der Waals surface area contributed by atoms with Crippen molar-refractivity contribution in [3.05, 3.63) is 65.2 Å². The highest BCUT2D eigenvalue weighted by atomic mass is 32.1. The van der Waals surface area contributed by atoms with E-state index in [0.717, 1.165) is 18.7 Å². The maximum absolute atomic E-state index is 5.25. The second-order valence-corrected chi connectivity index (χ2v) is 6.68. The fourth-order valence-electron chi connectivity index (χ4n) is 2.95. The Hall–Kier alpha value is -2.40. The standard InChI is InChI=1S/C20H24N4S/c1-16-13-19(24-11-5-6-12-24)10-9-18(16)15-22-23-20(25)21-14-17-7-3-2-4-8-17/h2-4,7-10,13,15H,5-6,11-12,14H2,1H3,(H2,21,23,25)/b22-15+. The lowest BCUT2D eigenvalue weighted by Crippen LogP contribution is -2.31. The molecule has 0 atom stereocenters. The van der Waals surface area contributed by atoms with Crippen molar-refractivity contribution < 1.29 is 0 Å². The lowest BCUT2D eigenvalue weighted by Gasteiger charge is -2.18. The first-order valence-corrected chi connectivity index (χ1v) is 9.09. The van der Waals surface area contributed by atoms with Crippen LogP contribution in [0.1, 0.15) is 29.5 Å². The van der Waals surface area contributed by atoms with E-state index in [2.05, 4.69) is 58.0 Å². The van der Waals surface area contributed by atoms with Crippen molar-refractivity contribution in [3.8, 4) is 0 Å². The van der Waals surface area contributed by atoms with E-state index in [1.165, 1.54) is 29.7 Å². The van der Waals surface area contributed by atoms with Crippen LogP contribution in [0.15, 0.2) is 53.6 Å². The van der Waals surface area contributed by atoms with Gasteiger partial charge in [-0.25, -0.2) is 0 Å². The van der Waals surface area contributed by atoms with Gasteiger partial charge in [-0.1, -0.05) is 36.4 Å². The molecular formula is C20H24N4S. The minimum atomic E-state index is 0.520. The summed E-state index contributed by atoms with van der Waals surface area (Å²) in [5.74, 6) is 0. The molecule has 1 fully saturated rings. The van der Waals surface area contributed by atoms with Gasteiger partial charge in [0.05, 0.1) is 6.21 Å². The van der Waals surface area contributed by atoms with Gasteiger partial charge in [0.15, 0.2) is 5.11 Å². The predicted octanol–water partition coefficient (Wildman–Crippen LogP) is 3.59. The Bertz CT molecular complexity index is 737. The van der Waals surface area contributed by atoms with Gasteiger partial charge in [0.2, 0.25) is 0 Å². The minimum absolute atomic E-state index is 0.520. The fourth-order valence-corrected chi connectivity index (χ4v) is 3.08. The number of aryl methyl sites for hydroxylation is 1. The summed E-state index contributed by atoms with van der Waals surface area (Å²) in [4.78, 5) is 2.44. The van der Waals surface area contributed by atoms with Crippen LogP contribution in [0.25, 0.3) is 0 Å². The minimum Gasteiger partial charge on any atom is -0.372 e. The summed E-state index contributed by atoms with van der Waals surface area (Å²) < 4.78 is 0. The monoisotopic (exact) mass is 352 g/mol. The molecule has 0 amide bonds. The van der Waals surface area contributed by atoms with Gasteiger partial charge in [0, 0.05) is 25.3 Å². The van der Waals surface area contributed by atoms with E-state index in [1.807, 2.05) is 24.4 Å². The number of rotatable bonds is 5. The van der Waals surface area contributed by atoms with Crippen LogP contribution in [-0.2, 0) is 6.54 Å². The highest BCUT2D eigenvalue weighted by Gasteiger charge is 2.12. The van der Waals surface area contributed by atoms with Crippen molar-refractivity contribution in [1.82, 2.24) is 10.7 Å². The van der Waals surface area contributed by atoms with Crippen LogP contribution in [0.5, 0.6) is 0 Å². The first kappa shape index (κ1) is 17.4. The molecule has 0 aromatic heterocycles. The molecule has 25 heavy (non-hydrogen) atoms. The van der Waals surface area contributed by atoms with Crippen LogP contribution in [0.3, 0.4) is 0 Å². The SMILES string of the molecule is Cc1cc(N2CCCC2)ccc1/C=N/NC(=S)NCc1ccccc1. The quantitative estimate of drug-likeness (QED) is 0.490. The molecular weight excluding hydrogens is 328 g/mol. The Morgan fingerprint density at radius 3 is 2.64 bits per heavy atom. The highest BCUT2D eigenvalue weighted by Crippen LogP contribution is 2.22. The summed E-state index contributed by atoms with van der Waals surface area (Å²) >= 11 is 5.25. The Balaban J connectivity index is 1.50. The summed E-state index contributed by atoms with van der Waals surface area (Å²) in [7, 11) is 0. The van der Waals surface area contributed by atoms with Crippen molar-refractivity contribution in [2.45, 2.75) is 26.3 Å². The molecule has 0 unspecified atom stereocenters. The van der Waals surface area contributed by atoms with Crippen molar-refractivity contribution in [3.63, 3.8) is 0 Å². The Kier molecular flexibility index (Phi) is 6.01. The topological polar surface area (TPSA) is 39.7 Å². The third-order valence-corrected chi connectivity index (χ3v) is 4.63. The van der Waals surface area contributed by atoms with Crippen LogP contribution >= 0.6 is 12.2 Å². The third-order valence-electron chi connectivity index (χ3n) is 4.39. The molecule has 0 spiro atoms. The number of anilines is 1. The normalized spacial score (nSPS) is 14.0. The van der Waals surface area contributed by atoms with Crippen molar-refractivity contribution in [1.29, 1.82) is 0 Å². The third kappa shape index (κ3) is 5.03. The maximum atomic E-state index is 5.25. The number of nitrogens with zero attached hydrogens (tertiary/aromatic N) is 2. The zero-order chi connectivity index (χ0) is 17.5. The van der Waals surface area contributed by atoms with E-state index in [4.69, 9.17) is 12.2 Å². The largest absolute Gasteiger partial charge is 0.372 e. The van der Waals surface area contributed by atoms with Gasteiger partial charge in [-0.3, -0.25) is 5.43 Å². The first-order valence-electron chi connectivity index (χ1n) is 8.69. The average molecular weight is 353 g/mol. The molecule has 0 aliphatic carbocycles. The van der Waals surface area contributed by atoms with Gasteiger partial charge in [-0.05, 0) is 60.8 Å². The molecule has 5 heteroatoms. The van der Waals surface area contributed by atoms with Crippen LogP contribution in [0, 0.1) is 6.92 Å². The molecule has 0 saturated carbocycles. The molecule has 2 aromatic rings. The average Bonchev–Trinajstić information content (AvgIpc) is 3.17. The lowest BCUT2D eigenvalue weighted by atomic mass is 10.1. The summed E-state index contributed by atoms with van der Waals surface area (Å²) in [5.41, 5.74) is 7.69. The van der Waals surface area contributed by atoms with E-state index < -0.39 is 0 Å². The van der Waals surface area contributed by atoms with Crippen molar-refractivity contribution in [2.24, 2.45) is 5.10 Å². The summed E-state index contributed by atoms with van der Waals surface area (Å²) in [6.07, 6.45) is 4.40. The Morgan fingerprint density at radius 1 is 1.16 bits per heavy atom. The van der Waals surface area contributed by atoms with E-state index >= 15 is 0 Å². The smallest absolute Gasteiger partial charge is 0.187 e. The van der Waals surface area contributed by atoms with Gasteiger partial charge < -0.3 is 10.2 Å². The van der Waals surface area contributed by atoms with Crippen LogP contribution in [-0.4, -0.2) is 24.4 Å². The fraction of sp³-hybridized carbons (Fsp3) is 0.300. The zero-order valence-corrected chi connectivity index (χ0v) is 15.4. The summed E-state index contributed by atoms with van der Waals surface area (Å²) in [5, 5.41) is 7.92. The molecule has 1 saturated heterocycles. The van der Waals surface area contributed by atoms with E-state index in [1.54, 1.807) is 0 Å². The molecule has 2 N–H and O–H groups in total. The van der Waals surface area contributed by atoms with Crippen LogP contribution in [0.4, 0.5) is 5.69 Å². The number of hydrogen-bond acceptors (Lipinski definition) is 3. The molecule has 4 nitrogen and oxygen atoms in total. The van der Waals surface area contributed by atoms with Crippen molar-refractivity contribution in [2.75, 3.05) is 18.0 Å². The van der Waals surface area contributed by atoms with Gasteiger partial charge in [0.1, 0.15) is 0 Å². The number of benzene rings is 2. The van der Waals surface area contributed by atoms with Gasteiger partial charge in [-0.2, -0.15) is 5.10 Å². The lowest BCUT2D eigenvalue weighted by molar-refractivity contribution is 0.869. The summed E-state index contributed by atoms with van der Waals surface area (Å²) in [6.45, 7) is 5.13. The second kappa shape index (κ2) is 8.62. The Morgan fingerprint density at radius 2 is 1.92 bits per heavy atom. The van der Waals surface area contributed by atoms with E-state index in [0.29, 0.717) is 11.7 Å². The Labute approximate surface area is 154 Å². The molecule has 3 rings (SSSR count). The second-order valence-electron chi connectivity index (χ2n) is 6.27. The summed E-state index contributed by atoms with van der Waals surface area (Å²) in [6, 6.07) is 16.7. The molecule has 1 aliphatic rings. The number of hydrogen-bond donors (Lipinski definition) is 2. The molecule has 2 aromatic carbocycles. The number of thiocarbonyl (C=S) groups is 1. The van der Waals surface area contributed by atoms with Gasteiger partial charge in [0.25, 0.3) is 0 Å². The number of hydrazone groups is 1. The van der Waals surface area contributed by atoms with E-state index in [-0.39, 0.29) is 0 Å². The van der Waals surface area contributed by atoms with Gasteiger partial charge in [-0.15, -0.1) is 0 Å². The predicted molar refractivity (Wildman–Crippen MR) is 109 cm³/mol. The van der Waals surface area contributed by atoms with Crippen LogP contribution < -0.4 is 15.6 Å². The molecule has 130 valence electrons. The van der Waals surface area contributed by atoms with Gasteiger partial charge >= 0.3 is 0 Å². The first-order chi connectivity index (χ1) is 12.2. The number of nitrogens with one attached hydrogen (secondary N) is 2. The van der Waals surface area contributed by atoms with Crippen molar-refractivity contribution >= 4 is 29.2 Å². The van der Waals surface area contributed by atoms with Crippen LogP contribution in [0.2, 0.25) is 0 Å². The van der Waals surface area contributed by atoms with E-state index in [9.17, 15) is 0 Å². The highest BCUT2D eigenvalue weighted by molar-refractivity contribution is 7.80. The molecule has 1 heterocycles.